The van der Waals surface area contributed by atoms with E-state index in [2.05, 4.69) is 4.98 Å². The van der Waals surface area contributed by atoms with E-state index in [1.807, 2.05) is 43.3 Å². The highest BCUT2D eigenvalue weighted by Gasteiger charge is 2.10. The maximum Gasteiger partial charge on any atom is 0.135 e. The van der Waals surface area contributed by atoms with Crippen LogP contribution in [0.2, 0.25) is 0 Å². The van der Waals surface area contributed by atoms with Crippen LogP contribution in [-0.2, 0) is 0 Å². The average molecular weight is 281 g/mol. The fourth-order valence-corrected chi connectivity index (χ4v) is 2.30. The third-order valence-corrected chi connectivity index (χ3v) is 3.40. The monoisotopic (exact) mass is 281 g/mol. The standard InChI is InChI=1S/C18H13F2N/c1-12-11-21-18(15-8-7-14(19)9-17(15)20)10-16(12)13-5-3-2-4-6-13/h2-11H,1H3. The minimum absolute atomic E-state index is 0.300. The molecule has 0 saturated heterocycles. The molecule has 0 fully saturated rings. The van der Waals surface area contributed by atoms with Crippen molar-refractivity contribution in [1.82, 2.24) is 4.98 Å². The summed E-state index contributed by atoms with van der Waals surface area (Å²) in [6, 6.07) is 15.2. The molecule has 0 atom stereocenters. The van der Waals surface area contributed by atoms with Crippen molar-refractivity contribution < 1.29 is 8.78 Å². The van der Waals surface area contributed by atoms with Gasteiger partial charge in [-0.15, -0.1) is 0 Å². The summed E-state index contributed by atoms with van der Waals surface area (Å²) in [5, 5.41) is 0. The summed E-state index contributed by atoms with van der Waals surface area (Å²) >= 11 is 0. The summed E-state index contributed by atoms with van der Waals surface area (Å²) in [7, 11) is 0. The number of benzene rings is 2. The molecular weight excluding hydrogens is 268 g/mol. The van der Waals surface area contributed by atoms with Crippen molar-refractivity contribution in [3.63, 3.8) is 0 Å². The van der Waals surface area contributed by atoms with Crippen LogP contribution >= 0.6 is 0 Å². The topological polar surface area (TPSA) is 12.9 Å². The fraction of sp³-hybridized carbons (Fsp3) is 0.0556. The van der Waals surface area contributed by atoms with E-state index in [0.717, 1.165) is 22.8 Å². The molecule has 0 spiro atoms. The first kappa shape index (κ1) is 13.4. The lowest BCUT2D eigenvalue weighted by Gasteiger charge is -2.09. The normalized spacial score (nSPS) is 10.6. The molecule has 0 unspecified atom stereocenters. The molecule has 2 aromatic carbocycles. The maximum absolute atomic E-state index is 13.9. The van der Waals surface area contributed by atoms with E-state index in [0.29, 0.717) is 11.3 Å². The molecule has 0 aliphatic carbocycles. The zero-order valence-corrected chi connectivity index (χ0v) is 11.5. The first-order valence-electron chi connectivity index (χ1n) is 6.62. The Balaban J connectivity index is 2.14. The molecule has 1 nitrogen and oxygen atoms in total. The van der Waals surface area contributed by atoms with E-state index < -0.39 is 11.6 Å². The van der Waals surface area contributed by atoms with E-state index >= 15 is 0 Å². The largest absolute Gasteiger partial charge is 0.256 e. The Labute approximate surface area is 121 Å². The summed E-state index contributed by atoms with van der Waals surface area (Å²) < 4.78 is 26.9. The van der Waals surface area contributed by atoms with Gasteiger partial charge in [-0.2, -0.15) is 0 Å². The first-order chi connectivity index (χ1) is 10.1. The third kappa shape index (κ3) is 2.68. The number of hydrogen-bond acceptors (Lipinski definition) is 1. The van der Waals surface area contributed by atoms with E-state index in [4.69, 9.17) is 0 Å². The molecule has 0 aliphatic heterocycles. The van der Waals surface area contributed by atoms with Crippen molar-refractivity contribution in [2.45, 2.75) is 6.92 Å². The second-order valence-electron chi connectivity index (χ2n) is 4.87. The van der Waals surface area contributed by atoms with E-state index in [-0.39, 0.29) is 0 Å². The molecule has 104 valence electrons. The number of rotatable bonds is 2. The Morgan fingerprint density at radius 1 is 0.857 bits per heavy atom. The molecule has 0 radical (unpaired) electrons. The van der Waals surface area contributed by atoms with Crippen LogP contribution in [0.15, 0.2) is 60.8 Å². The second kappa shape index (κ2) is 5.44. The van der Waals surface area contributed by atoms with Crippen molar-refractivity contribution in [2.24, 2.45) is 0 Å². The van der Waals surface area contributed by atoms with Crippen molar-refractivity contribution >= 4 is 0 Å². The molecule has 0 bridgehead atoms. The summed E-state index contributed by atoms with van der Waals surface area (Å²) in [5.41, 5.74) is 3.84. The molecule has 0 N–H and O–H groups in total. The number of halogens is 2. The van der Waals surface area contributed by atoms with Crippen molar-refractivity contribution in [2.75, 3.05) is 0 Å². The zero-order valence-electron chi connectivity index (χ0n) is 11.5. The SMILES string of the molecule is Cc1cnc(-c2ccc(F)cc2F)cc1-c1ccccc1. The Morgan fingerprint density at radius 3 is 2.33 bits per heavy atom. The van der Waals surface area contributed by atoms with Gasteiger partial charge in [-0.3, -0.25) is 4.98 Å². The van der Waals surface area contributed by atoms with E-state index in [1.165, 1.54) is 12.1 Å². The number of hydrogen-bond donors (Lipinski definition) is 0. The minimum Gasteiger partial charge on any atom is -0.256 e. The molecule has 3 aromatic rings. The van der Waals surface area contributed by atoms with Gasteiger partial charge in [0.1, 0.15) is 11.6 Å². The summed E-state index contributed by atoms with van der Waals surface area (Å²) in [6.07, 6.45) is 1.71. The number of aromatic nitrogens is 1. The summed E-state index contributed by atoms with van der Waals surface area (Å²) in [5.74, 6) is -1.20. The van der Waals surface area contributed by atoms with Gasteiger partial charge < -0.3 is 0 Å². The molecule has 1 heterocycles. The highest BCUT2D eigenvalue weighted by molar-refractivity contribution is 5.73. The van der Waals surface area contributed by atoms with Crippen LogP contribution in [-0.4, -0.2) is 4.98 Å². The van der Waals surface area contributed by atoms with Crippen molar-refractivity contribution in [3.8, 4) is 22.4 Å². The summed E-state index contributed by atoms with van der Waals surface area (Å²) in [6.45, 7) is 1.96. The smallest absolute Gasteiger partial charge is 0.135 e. The molecule has 3 rings (SSSR count). The highest BCUT2D eigenvalue weighted by atomic mass is 19.1. The van der Waals surface area contributed by atoms with Gasteiger partial charge in [0.05, 0.1) is 5.69 Å². The van der Waals surface area contributed by atoms with Crippen LogP contribution in [0.3, 0.4) is 0 Å². The van der Waals surface area contributed by atoms with Gasteiger partial charge >= 0.3 is 0 Å². The predicted octanol–water partition coefficient (Wildman–Crippen LogP) is 5.00. The molecule has 0 amide bonds. The zero-order chi connectivity index (χ0) is 14.8. The quantitative estimate of drug-likeness (QED) is 0.644. The predicted molar refractivity (Wildman–Crippen MR) is 79.8 cm³/mol. The Morgan fingerprint density at radius 2 is 1.62 bits per heavy atom. The lowest BCUT2D eigenvalue weighted by Crippen LogP contribution is -1.92. The lowest BCUT2D eigenvalue weighted by molar-refractivity contribution is 0.585. The average Bonchev–Trinajstić information content (AvgIpc) is 2.49. The van der Waals surface area contributed by atoms with Gasteiger partial charge in [-0.05, 0) is 41.8 Å². The van der Waals surface area contributed by atoms with Crippen LogP contribution < -0.4 is 0 Å². The third-order valence-electron chi connectivity index (χ3n) is 3.40. The Bertz CT molecular complexity index is 782. The maximum atomic E-state index is 13.9. The molecular formula is C18H13F2N. The van der Waals surface area contributed by atoms with Crippen LogP contribution in [0.4, 0.5) is 8.78 Å². The van der Waals surface area contributed by atoms with E-state index in [1.54, 1.807) is 6.20 Å². The first-order valence-corrected chi connectivity index (χ1v) is 6.62. The Kier molecular flexibility index (Phi) is 3.48. The van der Waals surface area contributed by atoms with Gasteiger partial charge in [0, 0.05) is 17.8 Å². The minimum atomic E-state index is -0.606. The molecule has 0 saturated carbocycles. The van der Waals surface area contributed by atoms with Crippen molar-refractivity contribution in [1.29, 1.82) is 0 Å². The van der Waals surface area contributed by atoms with Gasteiger partial charge in [-0.1, -0.05) is 30.3 Å². The number of aryl methyl sites for hydroxylation is 1. The van der Waals surface area contributed by atoms with Gasteiger partial charge in [-0.25, -0.2) is 8.78 Å². The highest BCUT2D eigenvalue weighted by Crippen LogP contribution is 2.28. The molecule has 1 aromatic heterocycles. The number of nitrogens with zero attached hydrogens (tertiary/aromatic N) is 1. The summed E-state index contributed by atoms with van der Waals surface area (Å²) in [4.78, 5) is 4.26. The van der Waals surface area contributed by atoms with Gasteiger partial charge in [0.2, 0.25) is 0 Å². The van der Waals surface area contributed by atoms with Crippen LogP contribution in [0.1, 0.15) is 5.56 Å². The van der Waals surface area contributed by atoms with Gasteiger partial charge in [0.15, 0.2) is 0 Å². The Hall–Kier alpha value is -2.55. The second-order valence-corrected chi connectivity index (χ2v) is 4.87. The van der Waals surface area contributed by atoms with E-state index in [9.17, 15) is 8.78 Å². The number of pyridine rings is 1. The molecule has 0 aliphatic rings. The van der Waals surface area contributed by atoms with Crippen molar-refractivity contribution in [3.05, 3.63) is 78.0 Å². The fourth-order valence-electron chi connectivity index (χ4n) is 2.30. The molecule has 21 heavy (non-hydrogen) atoms. The molecule has 3 heteroatoms. The van der Waals surface area contributed by atoms with Gasteiger partial charge in [0.25, 0.3) is 0 Å². The van der Waals surface area contributed by atoms with Crippen LogP contribution in [0.25, 0.3) is 22.4 Å². The van der Waals surface area contributed by atoms with Crippen LogP contribution in [0, 0.1) is 18.6 Å². The van der Waals surface area contributed by atoms with Crippen LogP contribution in [0.5, 0.6) is 0 Å². The lowest BCUT2D eigenvalue weighted by atomic mass is 9.99.